The van der Waals surface area contributed by atoms with Crippen molar-refractivity contribution in [2.45, 2.75) is 75.4 Å². The Morgan fingerprint density at radius 3 is 2.04 bits per heavy atom. The lowest BCUT2D eigenvalue weighted by Crippen LogP contribution is -2.54. The molecule has 0 heterocycles. The van der Waals surface area contributed by atoms with Crippen molar-refractivity contribution in [1.29, 1.82) is 0 Å². The number of sulfonamides is 1. The highest BCUT2D eigenvalue weighted by Gasteiger charge is 2.36. The van der Waals surface area contributed by atoms with E-state index in [1.54, 1.807) is 48.5 Å². The first-order chi connectivity index (χ1) is 22.6. The van der Waals surface area contributed by atoms with E-state index < -0.39 is 34.3 Å². The fraction of sp³-hybridized carbons (Fsp3) is 0.316. The molecule has 2 amide bonds. The normalized spacial score (nSPS) is 14.1. The number of benzene rings is 4. The molecule has 5 rings (SSSR count). The van der Waals surface area contributed by atoms with Crippen molar-refractivity contribution >= 4 is 27.5 Å². The molecule has 0 aliphatic heterocycles. The number of halogens is 1. The molecular weight excluding hydrogens is 614 g/mol. The molecule has 1 N–H and O–H groups in total. The van der Waals surface area contributed by atoms with Crippen molar-refractivity contribution in [1.82, 2.24) is 10.2 Å². The van der Waals surface area contributed by atoms with E-state index in [-0.39, 0.29) is 41.3 Å². The van der Waals surface area contributed by atoms with Gasteiger partial charge in [-0.25, -0.2) is 12.8 Å². The van der Waals surface area contributed by atoms with Gasteiger partial charge in [0, 0.05) is 24.6 Å². The number of carbonyl (C=O) groups is 2. The Labute approximate surface area is 277 Å². The Hall–Kier alpha value is -4.50. The van der Waals surface area contributed by atoms with Crippen LogP contribution in [0.1, 0.15) is 62.1 Å². The maximum atomic E-state index is 15.1. The summed E-state index contributed by atoms with van der Waals surface area (Å²) in [5.41, 5.74) is 2.38. The number of hydrogen-bond donors (Lipinski definition) is 1. The van der Waals surface area contributed by atoms with Crippen molar-refractivity contribution in [3.63, 3.8) is 0 Å². The number of carbonyl (C=O) groups excluding carboxylic acids is 2. The second-order valence-corrected chi connectivity index (χ2v) is 14.2. The van der Waals surface area contributed by atoms with E-state index in [0.717, 1.165) is 41.1 Å². The van der Waals surface area contributed by atoms with Crippen LogP contribution >= 0.6 is 0 Å². The van der Waals surface area contributed by atoms with Crippen LogP contribution in [0.2, 0.25) is 0 Å². The van der Waals surface area contributed by atoms with Crippen LogP contribution in [0.15, 0.2) is 114 Å². The zero-order chi connectivity index (χ0) is 33.4. The van der Waals surface area contributed by atoms with Crippen LogP contribution in [-0.4, -0.2) is 43.8 Å². The van der Waals surface area contributed by atoms with Gasteiger partial charge in [0.2, 0.25) is 11.8 Å². The minimum absolute atomic E-state index is 0.0133. The molecule has 1 aliphatic rings. The van der Waals surface area contributed by atoms with Gasteiger partial charge in [-0.05, 0) is 60.2 Å². The molecule has 4 aromatic rings. The number of nitrogens with one attached hydrogen (secondary N) is 1. The summed E-state index contributed by atoms with van der Waals surface area (Å²) < 4.78 is 44.5. The van der Waals surface area contributed by atoms with E-state index in [9.17, 15) is 18.0 Å². The molecule has 1 saturated carbocycles. The minimum atomic E-state index is -4.21. The average molecular weight is 656 g/mol. The van der Waals surface area contributed by atoms with Gasteiger partial charge in [0.05, 0.1) is 10.6 Å². The fourth-order valence-electron chi connectivity index (χ4n) is 6.01. The molecule has 9 heteroatoms. The maximum Gasteiger partial charge on any atom is 0.264 e. The molecule has 0 saturated heterocycles. The number of hydrogen-bond acceptors (Lipinski definition) is 4. The molecule has 1 aliphatic carbocycles. The summed E-state index contributed by atoms with van der Waals surface area (Å²) in [5, 5.41) is 3.13. The van der Waals surface area contributed by atoms with E-state index >= 15 is 4.39 Å². The van der Waals surface area contributed by atoms with E-state index in [1.807, 2.05) is 56.3 Å². The largest absolute Gasteiger partial charge is 0.352 e. The predicted octanol–water partition coefficient (Wildman–Crippen LogP) is 6.84. The molecule has 1 atom stereocenters. The predicted molar refractivity (Wildman–Crippen MR) is 183 cm³/mol. The minimum Gasteiger partial charge on any atom is -0.352 e. The molecule has 0 bridgehead atoms. The van der Waals surface area contributed by atoms with Gasteiger partial charge in [-0.1, -0.05) is 106 Å². The van der Waals surface area contributed by atoms with Crippen LogP contribution in [0.3, 0.4) is 0 Å². The summed E-state index contributed by atoms with van der Waals surface area (Å²) >= 11 is 0. The average Bonchev–Trinajstić information content (AvgIpc) is 3.60. The van der Waals surface area contributed by atoms with Gasteiger partial charge >= 0.3 is 0 Å². The number of rotatable bonds is 13. The molecule has 1 fully saturated rings. The van der Waals surface area contributed by atoms with E-state index in [2.05, 4.69) is 5.32 Å². The van der Waals surface area contributed by atoms with Crippen molar-refractivity contribution in [2.75, 3.05) is 10.8 Å². The fourth-order valence-corrected chi connectivity index (χ4v) is 7.44. The van der Waals surface area contributed by atoms with Crippen LogP contribution in [-0.2, 0) is 32.6 Å². The highest BCUT2D eigenvalue weighted by molar-refractivity contribution is 7.92. The molecule has 0 unspecified atom stereocenters. The lowest BCUT2D eigenvalue weighted by Gasteiger charge is -2.34. The van der Waals surface area contributed by atoms with E-state index in [0.29, 0.717) is 5.69 Å². The Balaban J connectivity index is 1.57. The highest BCUT2D eigenvalue weighted by atomic mass is 32.2. The molecule has 0 aromatic heterocycles. The summed E-state index contributed by atoms with van der Waals surface area (Å²) in [5.74, 6) is -1.26. The Morgan fingerprint density at radius 2 is 1.43 bits per heavy atom. The van der Waals surface area contributed by atoms with Gasteiger partial charge < -0.3 is 10.2 Å². The monoisotopic (exact) mass is 655 g/mol. The number of anilines is 1. The van der Waals surface area contributed by atoms with Gasteiger partial charge in [-0.2, -0.15) is 0 Å². The van der Waals surface area contributed by atoms with E-state index in [4.69, 9.17) is 0 Å². The zero-order valence-electron chi connectivity index (χ0n) is 26.9. The first kappa shape index (κ1) is 33.9. The van der Waals surface area contributed by atoms with Crippen molar-refractivity contribution in [2.24, 2.45) is 0 Å². The second-order valence-electron chi connectivity index (χ2n) is 12.4. The molecule has 246 valence electrons. The van der Waals surface area contributed by atoms with Gasteiger partial charge in [-0.15, -0.1) is 0 Å². The first-order valence-corrected chi connectivity index (χ1v) is 17.6. The molecule has 7 nitrogen and oxygen atoms in total. The van der Waals surface area contributed by atoms with Crippen LogP contribution in [0, 0.1) is 5.82 Å². The Bertz CT molecular complexity index is 1740. The van der Waals surface area contributed by atoms with Gasteiger partial charge in [0.1, 0.15) is 18.4 Å². The smallest absolute Gasteiger partial charge is 0.264 e. The van der Waals surface area contributed by atoms with E-state index in [1.165, 1.54) is 23.1 Å². The quantitative estimate of drug-likeness (QED) is 0.171. The van der Waals surface area contributed by atoms with Crippen molar-refractivity contribution in [3.05, 3.63) is 132 Å². The van der Waals surface area contributed by atoms with Crippen LogP contribution in [0.25, 0.3) is 0 Å². The standard InChI is InChI=1S/C38H42FN3O4S/c1-28(2)30-21-23-33(24-22-30)42(47(45,46)34-18-7-4-8-19-34)27-37(43)41(26-31-15-9-12-20-35(31)39)36(25-29-13-5-3-6-14-29)38(44)40-32-16-10-11-17-32/h3-9,12-15,18-24,28,32,36H,10-11,16-17,25-27H2,1-2H3,(H,40,44)/t36-/m1/s1. The third-order valence-electron chi connectivity index (χ3n) is 8.73. The summed E-state index contributed by atoms with van der Waals surface area (Å²) in [6.45, 7) is 3.28. The Kier molecular flexibility index (Phi) is 11.1. The summed E-state index contributed by atoms with van der Waals surface area (Å²) in [7, 11) is -4.21. The molecule has 47 heavy (non-hydrogen) atoms. The number of amides is 2. The summed E-state index contributed by atoms with van der Waals surface area (Å²) in [6, 6.07) is 29.5. The van der Waals surface area contributed by atoms with Crippen LogP contribution in [0.5, 0.6) is 0 Å². The van der Waals surface area contributed by atoms with Crippen LogP contribution in [0.4, 0.5) is 10.1 Å². The SMILES string of the molecule is CC(C)c1ccc(N(CC(=O)N(Cc2ccccc2F)[C@H](Cc2ccccc2)C(=O)NC2CCCC2)S(=O)(=O)c2ccccc2)cc1. The number of nitrogens with zero attached hydrogens (tertiary/aromatic N) is 2. The molecule has 0 spiro atoms. The molecule has 4 aromatic carbocycles. The lowest BCUT2D eigenvalue weighted by molar-refractivity contribution is -0.140. The Morgan fingerprint density at radius 1 is 0.830 bits per heavy atom. The van der Waals surface area contributed by atoms with Gasteiger partial charge in [-0.3, -0.25) is 13.9 Å². The van der Waals surface area contributed by atoms with Crippen molar-refractivity contribution < 1.29 is 22.4 Å². The second kappa shape index (κ2) is 15.4. The zero-order valence-corrected chi connectivity index (χ0v) is 27.7. The molecule has 0 radical (unpaired) electrons. The van der Waals surface area contributed by atoms with Gasteiger partial charge in [0.15, 0.2) is 0 Å². The summed E-state index contributed by atoms with van der Waals surface area (Å²) in [4.78, 5) is 30.0. The topological polar surface area (TPSA) is 86.8 Å². The summed E-state index contributed by atoms with van der Waals surface area (Å²) in [6.07, 6.45) is 3.89. The van der Waals surface area contributed by atoms with Crippen LogP contribution < -0.4 is 9.62 Å². The van der Waals surface area contributed by atoms with Gasteiger partial charge in [0.25, 0.3) is 10.0 Å². The highest BCUT2D eigenvalue weighted by Crippen LogP contribution is 2.27. The third kappa shape index (κ3) is 8.46. The first-order valence-electron chi connectivity index (χ1n) is 16.2. The third-order valence-corrected chi connectivity index (χ3v) is 10.5. The molecular formula is C38H42FN3O4S. The lowest BCUT2D eigenvalue weighted by atomic mass is 10.0. The maximum absolute atomic E-state index is 15.1. The van der Waals surface area contributed by atoms with Crippen molar-refractivity contribution in [3.8, 4) is 0 Å².